The minimum absolute atomic E-state index is 0.598. The number of carbonyl (C=O) groups excluding carboxylic acids is 1. The van der Waals surface area contributed by atoms with E-state index in [1.807, 2.05) is 35.7 Å². The molecular weight excluding hydrogens is 234 g/mol. The van der Waals surface area contributed by atoms with Gasteiger partial charge < -0.3 is 5.73 Å². The minimum atomic E-state index is -0.598. The maximum atomic E-state index is 11.2. The number of fused-ring (bicyclic) bond motifs is 1. The lowest BCUT2D eigenvalue weighted by atomic mass is 10.1. The summed E-state index contributed by atoms with van der Waals surface area (Å²) in [5.74, 6) is 0. The average molecular weight is 242 g/mol. The summed E-state index contributed by atoms with van der Waals surface area (Å²) in [4.78, 5) is 12.3. The van der Waals surface area contributed by atoms with Crippen LogP contribution in [-0.2, 0) is 0 Å². The second kappa shape index (κ2) is 3.71. The van der Waals surface area contributed by atoms with Crippen LogP contribution < -0.4 is 5.73 Å². The van der Waals surface area contributed by atoms with Crippen LogP contribution in [0.2, 0.25) is 0 Å². The van der Waals surface area contributed by atoms with Gasteiger partial charge in [-0.25, -0.2) is 4.79 Å². The van der Waals surface area contributed by atoms with Gasteiger partial charge in [0.25, 0.3) is 0 Å². The Balaban J connectivity index is 2.24. The number of hydrogen-bond donors (Lipinski definition) is 1. The van der Waals surface area contributed by atoms with Crippen LogP contribution in [0.25, 0.3) is 21.3 Å². The van der Waals surface area contributed by atoms with Crippen LogP contribution in [0.3, 0.4) is 0 Å². The summed E-state index contributed by atoms with van der Waals surface area (Å²) in [5.41, 5.74) is 6.97. The summed E-state index contributed by atoms with van der Waals surface area (Å²) < 4.78 is 1.16. The van der Waals surface area contributed by atoms with Crippen LogP contribution in [0.5, 0.6) is 0 Å². The molecule has 1 amide bonds. The number of nitrogens with two attached hydrogens (primary N) is 1. The number of benzene rings is 1. The topological polar surface area (TPSA) is 60.9 Å². The molecule has 0 aliphatic carbocycles. The van der Waals surface area contributed by atoms with Crippen molar-refractivity contribution in [3.8, 4) is 10.4 Å². The third-order valence-corrected chi connectivity index (χ3v) is 3.43. The van der Waals surface area contributed by atoms with Crippen molar-refractivity contribution in [2.75, 3.05) is 0 Å². The molecule has 1 aromatic carbocycles. The fourth-order valence-electron chi connectivity index (χ4n) is 1.72. The zero-order valence-corrected chi connectivity index (χ0v) is 9.57. The van der Waals surface area contributed by atoms with Crippen molar-refractivity contribution in [3.05, 3.63) is 41.9 Å². The van der Waals surface area contributed by atoms with Crippen LogP contribution >= 0.6 is 11.3 Å². The van der Waals surface area contributed by atoms with Gasteiger partial charge in [-0.15, -0.1) is 11.3 Å². The number of aromatic nitrogens is 2. The molecule has 0 aliphatic rings. The summed E-state index contributed by atoms with van der Waals surface area (Å²) in [7, 11) is 0. The first-order chi connectivity index (χ1) is 8.25. The van der Waals surface area contributed by atoms with E-state index in [1.165, 1.54) is 0 Å². The molecule has 17 heavy (non-hydrogen) atoms. The SMILES string of the molecule is NC(=O)n1n[c]c2ccc(-c3cccs3)cc21. The van der Waals surface area contributed by atoms with Crippen molar-refractivity contribution in [1.82, 2.24) is 9.78 Å². The molecule has 4 nitrogen and oxygen atoms in total. The molecule has 3 aromatic rings. The van der Waals surface area contributed by atoms with E-state index in [0.717, 1.165) is 20.5 Å². The Kier molecular flexibility index (Phi) is 2.19. The summed E-state index contributed by atoms with van der Waals surface area (Å²) >= 11 is 1.65. The molecule has 1 radical (unpaired) electrons. The quantitative estimate of drug-likeness (QED) is 0.712. The first-order valence-electron chi connectivity index (χ1n) is 5.00. The maximum Gasteiger partial charge on any atom is 0.340 e. The van der Waals surface area contributed by atoms with Gasteiger partial charge in [0.15, 0.2) is 0 Å². The Morgan fingerprint density at radius 3 is 3.00 bits per heavy atom. The van der Waals surface area contributed by atoms with E-state index in [-0.39, 0.29) is 0 Å². The molecule has 0 spiro atoms. The Hall–Kier alpha value is -2.14. The molecule has 0 atom stereocenters. The van der Waals surface area contributed by atoms with Crippen LogP contribution in [0, 0.1) is 6.20 Å². The summed E-state index contributed by atoms with van der Waals surface area (Å²) in [5, 5.41) is 6.63. The number of carbonyl (C=O) groups is 1. The van der Waals surface area contributed by atoms with Gasteiger partial charge in [-0.2, -0.15) is 9.78 Å². The molecule has 0 aliphatic heterocycles. The summed E-state index contributed by atoms with van der Waals surface area (Å²) in [6.07, 6.45) is 2.76. The molecule has 0 bridgehead atoms. The summed E-state index contributed by atoms with van der Waals surface area (Å²) in [6, 6.07) is 9.19. The molecule has 2 N–H and O–H groups in total. The van der Waals surface area contributed by atoms with Gasteiger partial charge in [-0.1, -0.05) is 12.1 Å². The Morgan fingerprint density at radius 1 is 1.41 bits per heavy atom. The van der Waals surface area contributed by atoms with E-state index >= 15 is 0 Å². The molecule has 0 fully saturated rings. The molecular formula is C12H8N3OS. The van der Waals surface area contributed by atoms with Crippen molar-refractivity contribution in [2.45, 2.75) is 0 Å². The van der Waals surface area contributed by atoms with Gasteiger partial charge in [0.2, 0.25) is 0 Å². The van der Waals surface area contributed by atoms with E-state index in [0.29, 0.717) is 5.52 Å². The number of amides is 1. The fraction of sp³-hybridized carbons (Fsp3) is 0. The monoisotopic (exact) mass is 242 g/mol. The maximum absolute atomic E-state index is 11.2. The third kappa shape index (κ3) is 1.60. The van der Waals surface area contributed by atoms with Gasteiger partial charge in [0.05, 0.1) is 5.52 Å². The van der Waals surface area contributed by atoms with E-state index in [1.54, 1.807) is 11.3 Å². The Morgan fingerprint density at radius 2 is 2.29 bits per heavy atom. The number of rotatable bonds is 1. The highest BCUT2D eigenvalue weighted by Gasteiger charge is 2.09. The Bertz CT molecular complexity index is 685. The van der Waals surface area contributed by atoms with E-state index < -0.39 is 6.03 Å². The lowest BCUT2D eigenvalue weighted by molar-refractivity contribution is 0.248. The van der Waals surface area contributed by atoms with E-state index in [2.05, 4.69) is 11.3 Å². The van der Waals surface area contributed by atoms with Crippen LogP contribution in [0.4, 0.5) is 4.79 Å². The minimum Gasteiger partial charge on any atom is -0.350 e. The van der Waals surface area contributed by atoms with Gasteiger partial charge in [-0.3, -0.25) is 0 Å². The largest absolute Gasteiger partial charge is 0.350 e. The van der Waals surface area contributed by atoms with Crippen molar-refractivity contribution in [3.63, 3.8) is 0 Å². The molecule has 2 aromatic heterocycles. The molecule has 83 valence electrons. The molecule has 0 saturated carbocycles. The highest BCUT2D eigenvalue weighted by Crippen LogP contribution is 2.27. The zero-order valence-electron chi connectivity index (χ0n) is 8.75. The van der Waals surface area contributed by atoms with Gasteiger partial charge in [-0.05, 0) is 29.1 Å². The van der Waals surface area contributed by atoms with E-state index in [4.69, 9.17) is 5.73 Å². The third-order valence-electron chi connectivity index (χ3n) is 2.51. The average Bonchev–Trinajstić information content (AvgIpc) is 2.97. The van der Waals surface area contributed by atoms with Gasteiger partial charge in [0, 0.05) is 10.3 Å². The Labute approximate surface area is 101 Å². The fourth-order valence-corrected chi connectivity index (χ4v) is 2.45. The van der Waals surface area contributed by atoms with Crippen LogP contribution in [-0.4, -0.2) is 15.8 Å². The molecule has 3 rings (SSSR count). The van der Waals surface area contributed by atoms with Crippen LogP contribution in [0.1, 0.15) is 0 Å². The smallest absolute Gasteiger partial charge is 0.340 e. The lowest BCUT2D eigenvalue weighted by Gasteiger charge is -2.00. The predicted octanol–water partition coefficient (Wildman–Crippen LogP) is 2.49. The number of nitrogens with zero attached hydrogens (tertiary/aromatic N) is 2. The normalized spacial score (nSPS) is 10.8. The first kappa shape index (κ1) is 10.0. The first-order valence-corrected chi connectivity index (χ1v) is 5.88. The van der Waals surface area contributed by atoms with Crippen molar-refractivity contribution >= 4 is 28.3 Å². The van der Waals surface area contributed by atoms with Crippen molar-refractivity contribution in [2.24, 2.45) is 5.73 Å². The molecule has 0 saturated heterocycles. The standard InChI is InChI=1S/C12H8N3OS/c13-12(16)15-10-6-8(11-2-1-5-17-11)3-4-9(10)7-14-15/h1-6H,(H2,13,16). The highest BCUT2D eigenvalue weighted by molar-refractivity contribution is 7.13. The second-order valence-electron chi connectivity index (χ2n) is 3.57. The molecule has 2 heterocycles. The number of thiophene rings is 1. The zero-order chi connectivity index (χ0) is 11.8. The van der Waals surface area contributed by atoms with Crippen LogP contribution in [0.15, 0.2) is 35.7 Å². The second-order valence-corrected chi connectivity index (χ2v) is 4.52. The van der Waals surface area contributed by atoms with Crippen molar-refractivity contribution < 1.29 is 4.79 Å². The lowest BCUT2D eigenvalue weighted by Crippen LogP contribution is -2.20. The number of primary amides is 1. The summed E-state index contributed by atoms with van der Waals surface area (Å²) in [6.45, 7) is 0. The number of hydrogen-bond acceptors (Lipinski definition) is 3. The predicted molar refractivity (Wildman–Crippen MR) is 66.9 cm³/mol. The van der Waals surface area contributed by atoms with Crippen molar-refractivity contribution in [1.29, 1.82) is 0 Å². The van der Waals surface area contributed by atoms with E-state index in [9.17, 15) is 4.79 Å². The van der Waals surface area contributed by atoms with Gasteiger partial charge in [0.1, 0.15) is 6.20 Å². The molecule has 0 unspecified atom stereocenters. The molecule has 5 heteroatoms. The van der Waals surface area contributed by atoms with Gasteiger partial charge >= 0.3 is 6.03 Å². The highest BCUT2D eigenvalue weighted by atomic mass is 32.1.